The van der Waals surface area contributed by atoms with Gasteiger partial charge in [-0.3, -0.25) is 0 Å². The van der Waals surface area contributed by atoms with Crippen molar-refractivity contribution in [2.24, 2.45) is 0 Å². The summed E-state index contributed by atoms with van der Waals surface area (Å²) in [6.07, 6.45) is 5.48. The normalized spacial score (nSPS) is 14.3. The van der Waals surface area contributed by atoms with Crippen molar-refractivity contribution in [1.82, 2.24) is 19.7 Å². The highest BCUT2D eigenvalue weighted by Gasteiger charge is 2.19. The quantitative estimate of drug-likeness (QED) is 0.545. The van der Waals surface area contributed by atoms with Crippen LogP contribution in [0.3, 0.4) is 0 Å². The molecule has 0 radical (unpaired) electrons. The van der Waals surface area contributed by atoms with Gasteiger partial charge in [-0.25, -0.2) is 4.68 Å². The topological polar surface area (TPSA) is 58.9 Å². The van der Waals surface area contributed by atoms with Gasteiger partial charge in [0, 0.05) is 18.8 Å². The predicted octanol–water partition coefficient (Wildman–Crippen LogP) is 4.86. The van der Waals surface area contributed by atoms with E-state index in [2.05, 4.69) is 34.4 Å². The molecule has 0 unspecified atom stereocenters. The summed E-state index contributed by atoms with van der Waals surface area (Å²) in [4.78, 5) is 12.1. The Balaban J connectivity index is 1.66. The van der Waals surface area contributed by atoms with E-state index in [0.29, 0.717) is 0 Å². The summed E-state index contributed by atoms with van der Waals surface area (Å²) in [5.74, 6) is 1.57. The van der Waals surface area contributed by atoms with Gasteiger partial charge >= 0.3 is 0 Å². The summed E-state index contributed by atoms with van der Waals surface area (Å²) in [6.45, 7) is 4.09. The molecule has 6 nitrogen and oxygen atoms in total. The van der Waals surface area contributed by atoms with Crippen molar-refractivity contribution >= 4 is 28.5 Å². The van der Waals surface area contributed by atoms with E-state index in [1.54, 1.807) is 0 Å². The van der Waals surface area contributed by atoms with Crippen LogP contribution in [0.4, 0.5) is 17.5 Å². The van der Waals surface area contributed by atoms with Crippen LogP contribution in [0.2, 0.25) is 0 Å². The number of nitrogens with zero attached hydrogens (tertiary/aromatic N) is 5. The molecule has 4 aromatic rings. The third-order valence-electron chi connectivity index (χ3n) is 5.45. The second kappa shape index (κ2) is 7.54. The Morgan fingerprint density at radius 2 is 1.62 bits per heavy atom. The van der Waals surface area contributed by atoms with Gasteiger partial charge in [0.05, 0.1) is 17.3 Å². The van der Waals surface area contributed by atoms with Crippen LogP contribution in [0.25, 0.3) is 16.7 Å². The molecule has 2 aromatic carbocycles. The summed E-state index contributed by atoms with van der Waals surface area (Å²) in [5, 5.41) is 9.08. The molecule has 146 valence electrons. The number of aromatic nitrogens is 4. The van der Waals surface area contributed by atoms with Gasteiger partial charge in [0.25, 0.3) is 0 Å². The van der Waals surface area contributed by atoms with Crippen LogP contribution in [-0.2, 0) is 0 Å². The zero-order valence-corrected chi connectivity index (χ0v) is 16.5. The second-order valence-corrected chi connectivity index (χ2v) is 7.49. The van der Waals surface area contributed by atoms with Gasteiger partial charge in [-0.1, -0.05) is 36.4 Å². The Morgan fingerprint density at radius 3 is 2.41 bits per heavy atom. The van der Waals surface area contributed by atoms with Crippen molar-refractivity contribution < 1.29 is 0 Å². The van der Waals surface area contributed by atoms with E-state index in [1.165, 1.54) is 24.8 Å². The van der Waals surface area contributed by atoms with Gasteiger partial charge in [0.2, 0.25) is 5.95 Å². The molecule has 6 heteroatoms. The number of nitrogens with one attached hydrogen (secondary N) is 1. The van der Waals surface area contributed by atoms with Gasteiger partial charge in [0.15, 0.2) is 5.65 Å². The first-order valence-corrected chi connectivity index (χ1v) is 10.2. The maximum absolute atomic E-state index is 4.94. The van der Waals surface area contributed by atoms with E-state index in [0.717, 1.165) is 47.3 Å². The largest absolute Gasteiger partial charge is 0.341 e. The van der Waals surface area contributed by atoms with E-state index < -0.39 is 0 Å². The van der Waals surface area contributed by atoms with Crippen molar-refractivity contribution in [3.8, 4) is 5.69 Å². The molecule has 0 aliphatic carbocycles. The molecule has 3 heterocycles. The number of fused-ring (bicyclic) bond motifs is 1. The third-order valence-corrected chi connectivity index (χ3v) is 5.45. The Bertz CT molecular complexity index is 1130. The highest BCUT2D eigenvalue weighted by molar-refractivity contribution is 5.90. The third kappa shape index (κ3) is 3.42. The van der Waals surface area contributed by atoms with Crippen LogP contribution in [-0.4, -0.2) is 32.8 Å². The molecule has 1 aliphatic heterocycles. The SMILES string of the molecule is Cc1ccccc1Nc1nc(N2CCCCC2)nc2c1cnn2-c1ccccc1. The predicted molar refractivity (Wildman–Crippen MR) is 117 cm³/mol. The highest BCUT2D eigenvalue weighted by atomic mass is 15.3. The molecule has 1 aliphatic rings. The fourth-order valence-corrected chi connectivity index (χ4v) is 3.83. The first kappa shape index (κ1) is 17.7. The van der Waals surface area contributed by atoms with Gasteiger partial charge in [0.1, 0.15) is 5.82 Å². The molecule has 1 fully saturated rings. The van der Waals surface area contributed by atoms with Crippen molar-refractivity contribution in [2.75, 3.05) is 23.3 Å². The molecule has 2 aromatic heterocycles. The molecule has 0 amide bonds. The van der Waals surface area contributed by atoms with Crippen LogP contribution >= 0.6 is 0 Å². The minimum Gasteiger partial charge on any atom is -0.341 e. The molecular formula is C23H24N6. The van der Waals surface area contributed by atoms with Crippen molar-refractivity contribution in [3.05, 3.63) is 66.4 Å². The number of piperidine rings is 1. The lowest BCUT2D eigenvalue weighted by Gasteiger charge is -2.27. The summed E-state index contributed by atoms with van der Waals surface area (Å²) in [7, 11) is 0. The van der Waals surface area contributed by atoms with Crippen LogP contribution < -0.4 is 10.2 Å². The number of aryl methyl sites for hydroxylation is 1. The number of para-hydroxylation sites is 2. The second-order valence-electron chi connectivity index (χ2n) is 7.49. The minimum absolute atomic E-state index is 0.769. The van der Waals surface area contributed by atoms with Crippen LogP contribution in [0.5, 0.6) is 0 Å². The lowest BCUT2D eigenvalue weighted by Crippen LogP contribution is -2.31. The van der Waals surface area contributed by atoms with Crippen LogP contribution in [0.1, 0.15) is 24.8 Å². The number of rotatable bonds is 4. The van der Waals surface area contributed by atoms with Gasteiger partial charge < -0.3 is 10.2 Å². The van der Waals surface area contributed by atoms with Gasteiger partial charge in [-0.2, -0.15) is 15.1 Å². The number of benzene rings is 2. The molecule has 0 spiro atoms. The number of anilines is 3. The van der Waals surface area contributed by atoms with E-state index in [-0.39, 0.29) is 0 Å². The van der Waals surface area contributed by atoms with Crippen molar-refractivity contribution in [2.45, 2.75) is 26.2 Å². The molecular weight excluding hydrogens is 360 g/mol. The average molecular weight is 384 g/mol. The molecule has 0 bridgehead atoms. The van der Waals surface area contributed by atoms with E-state index in [9.17, 15) is 0 Å². The maximum atomic E-state index is 4.94. The first-order chi connectivity index (χ1) is 14.3. The average Bonchev–Trinajstić information content (AvgIpc) is 3.21. The highest BCUT2D eigenvalue weighted by Crippen LogP contribution is 2.29. The molecule has 1 N–H and O–H groups in total. The molecule has 0 atom stereocenters. The summed E-state index contributed by atoms with van der Waals surface area (Å²) >= 11 is 0. The minimum atomic E-state index is 0.769. The standard InChI is InChI=1S/C23H24N6/c1-17-10-6-7-13-20(17)25-21-19-16-24-29(18-11-4-2-5-12-18)22(19)27-23(26-21)28-14-8-3-9-15-28/h2,4-7,10-13,16H,3,8-9,14-15H2,1H3,(H,25,26,27). The Kier molecular flexibility index (Phi) is 4.60. The zero-order chi connectivity index (χ0) is 19.6. The van der Waals surface area contributed by atoms with Crippen molar-refractivity contribution in [3.63, 3.8) is 0 Å². The number of hydrogen-bond acceptors (Lipinski definition) is 5. The Hall–Kier alpha value is -3.41. The molecule has 1 saturated heterocycles. The Labute approximate surface area is 170 Å². The fourth-order valence-electron chi connectivity index (χ4n) is 3.83. The smallest absolute Gasteiger partial charge is 0.229 e. The maximum Gasteiger partial charge on any atom is 0.229 e. The fraction of sp³-hybridized carbons (Fsp3) is 0.261. The summed E-state index contributed by atoms with van der Waals surface area (Å²) < 4.78 is 1.90. The van der Waals surface area contributed by atoms with Crippen LogP contribution in [0, 0.1) is 6.92 Å². The van der Waals surface area contributed by atoms with E-state index in [4.69, 9.17) is 9.97 Å². The van der Waals surface area contributed by atoms with E-state index >= 15 is 0 Å². The lowest BCUT2D eigenvalue weighted by molar-refractivity contribution is 0.569. The Morgan fingerprint density at radius 1 is 0.862 bits per heavy atom. The number of hydrogen-bond donors (Lipinski definition) is 1. The molecule has 5 rings (SSSR count). The summed E-state index contributed by atoms with van der Waals surface area (Å²) in [5.41, 5.74) is 4.04. The van der Waals surface area contributed by atoms with Crippen molar-refractivity contribution in [1.29, 1.82) is 0 Å². The van der Waals surface area contributed by atoms with Gasteiger partial charge in [-0.15, -0.1) is 0 Å². The van der Waals surface area contributed by atoms with Gasteiger partial charge in [-0.05, 0) is 49.9 Å². The lowest BCUT2D eigenvalue weighted by atomic mass is 10.1. The molecule has 0 saturated carbocycles. The summed E-state index contributed by atoms with van der Waals surface area (Å²) in [6, 6.07) is 18.4. The monoisotopic (exact) mass is 384 g/mol. The molecule has 29 heavy (non-hydrogen) atoms. The van der Waals surface area contributed by atoms with E-state index in [1.807, 2.05) is 53.3 Å². The zero-order valence-electron chi connectivity index (χ0n) is 16.5. The first-order valence-electron chi connectivity index (χ1n) is 10.2. The van der Waals surface area contributed by atoms with Crippen LogP contribution in [0.15, 0.2) is 60.8 Å².